The first-order chi connectivity index (χ1) is 9.09. The van der Waals surface area contributed by atoms with Crippen LogP contribution in [0.2, 0.25) is 0 Å². The van der Waals surface area contributed by atoms with Crippen molar-refractivity contribution in [2.24, 2.45) is 0 Å². The molecule has 5 heteroatoms. The molecule has 2 N–H and O–H groups in total. The Hall–Kier alpha value is -1.11. The Bertz CT molecular complexity index is 434. The van der Waals surface area contributed by atoms with Gasteiger partial charge in [0.05, 0.1) is 0 Å². The largest absolute Gasteiger partial charge is 0.481 e. The fourth-order valence-corrected chi connectivity index (χ4v) is 2.23. The van der Waals surface area contributed by atoms with Crippen LogP contribution >= 0.6 is 22.6 Å². The third-order valence-electron chi connectivity index (χ3n) is 2.69. The van der Waals surface area contributed by atoms with Gasteiger partial charge in [-0.05, 0) is 53.6 Å². The quantitative estimate of drug-likeness (QED) is 0.542. The number of aliphatic carboxylic acids is 1. The molecule has 0 heterocycles. The fraction of sp³-hybridized carbons (Fsp3) is 0.429. The first kappa shape index (κ1) is 15.9. The van der Waals surface area contributed by atoms with Gasteiger partial charge in [0.2, 0.25) is 0 Å². The molecule has 0 saturated carbocycles. The smallest absolute Gasteiger partial charge is 0.303 e. The van der Waals surface area contributed by atoms with Crippen molar-refractivity contribution in [3.63, 3.8) is 0 Å². The normalized spacial score (nSPS) is 10.2. The van der Waals surface area contributed by atoms with Crippen LogP contribution in [-0.4, -0.2) is 23.5 Å². The Morgan fingerprint density at radius 1 is 1.16 bits per heavy atom. The van der Waals surface area contributed by atoms with Crippen molar-refractivity contribution in [2.75, 3.05) is 6.54 Å². The van der Waals surface area contributed by atoms with Crippen molar-refractivity contribution < 1.29 is 14.7 Å². The molecule has 0 unspecified atom stereocenters. The van der Waals surface area contributed by atoms with Crippen LogP contribution in [0.15, 0.2) is 24.3 Å². The molecule has 0 saturated heterocycles. The van der Waals surface area contributed by atoms with Gasteiger partial charge in [0, 0.05) is 22.1 Å². The minimum Gasteiger partial charge on any atom is -0.481 e. The summed E-state index contributed by atoms with van der Waals surface area (Å²) in [4.78, 5) is 22.1. The second-order valence-electron chi connectivity index (χ2n) is 4.32. The zero-order valence-corrected chi connectivity index (χ0v) is 12.9. The molecule has 0 spiro atoms. The number of carboxylic acids is 1. The van der Waals surface area contributed by atoms with Gasteiger partial charge in [-0.15, -0.1) is 0 Å². The maximum Gasteiger partial charge on any atom is 0.303 e. The molecule has 1 rings (SSSR count). The average Bonchev–Trinajstić information content (AvgIpc) is 2.37. The Morgan fingerprint density at radius 2 is 1.89 bits per heavy atom. The molecule has 0 aliphatic rings. The Kier molecular flexibility index (Phi) is 7.47. The maximum atomic E-state index is 11.8. The summed E-state index contributed by atoms with van der Waals surface area (Å²) in [5.74, 6) is -0.795. The first-order valence-corrected chi connectivity index (χ1v) is 7.43. The van der Waals surface area contributed by atoms with E-state index in [1.807, 2.05) is 18.2 Å². The van der Waals surface area contributed by atoms with Gasteiger partial charge in [0.25, 0.3) is 5.91 Å². The molecule has 1 aromatic rings. The monoisotopic (exact) mass is 375 g/mol. The number of hydrogen-bond acceptors (Lipinski definition) is 2. The number of unbranched alkanes of at least 4 members (excludes halogenated alkanes) is 3. The highest BCUT2D eigenvalue weighted by atomic mass is 127. The Morgan fingerprint density at radius 3 is 2.58 bits per heavy atom. The lowest BCUT2D eigenvalue weighted by molar-refractivity contribution is -0.137. The van der Waals surface area contributed by atoms with Crippen LogP contribution in [0.4, 0.5) is 0 Å². The van der Waals surface area contributed by atoms with E-state index in [4.69, 9.17) is 5.11 Å². The first-order valence-electron chi connectivity index (χ1n) is 6.35. The molecule has 0 aliphatic carbocycles. The summed E-state index contributed by atoms with van der Waals surface area (Å²) in [5, 5.41) is 11.3. The zero-order chi connectivity index (χ0) is 14.1. The van der Waals surface area contributed by atoms with Crippen LogP contribution in [0.3, 0.4) is 0 Å². The van der Waals surface area contributed by atoms with Crippen LogP contribution in [0.25, 0.3) is 0 Å². The molecule has 0 bridgehead atoms. The number of carbonyl (C=O) groups is 2. The highest BCUT2D eigenvalue weighted by molar-refractivity contribution is 14.1. The number of nitrogens with one attached hydrogen (secondary N) is 1. The van der Waals surface area contributed by atoms with Gasteiger partial charge in [-0.25, -0.2) is 0 Å². The van der Waals surface area contributed by atoms with Crippen molar-refractivity contribution >= 4 is 34.5 Å². The molecule has 0 fully saturated rings. The zero-order valence-electron chi connectivity index (χ0n) is 10.7. The minimum absolute atomic E-state index is 0.0518. The van der Waals surface area contributed by atoms with E-state index < -0.39 is 5.97 Å². The number of amides is 1. The van der Waals surface area contributed by atoms with Gasteiger partial charge in [0.1, 0.15) is 0 Å². The predicted molar refractivity (Wildman–Crippen MR) is 82.2 cm³/mol. The molecule has 1 aromatic carbocycles. The van der Waals surface area contributed by atoms with Crippen molar-refractivity contribution in [2.45, 2.75) is 32.1 Å². The lowest BCUT2D eigenvalue weighted by atomic mass is 10.1. The van der Waals surface area contributed by atoms with Crippen molar-refractivity contribution in [1.29, 1.82) is 0 Å². The molecule has 0 aliphatic heterocycles. The van der Waals surface area contributed by atoms with Gasteiger partial charge in [-0.1, -0.05) is 18.9 Å². The van der Waals surface area contributed by atoms with Crippen LogP contribution in [0.1, 0.15) is 42.5 Å². The molecule has 0 radical (unpaired) electrons. The molecule has 0 aromatic heterocycles. The summed E-state index contributed by atoms with van der Waals surface area (Å²) >= 11 is 2.18. The average molecular weight is 375 g/mol. The van der Waals surface area contributed by atoms with Crippen LogP contribution in [0.5, 0.6) is 0 Å². The maximum absolute atomic E-state index is 11.8. The molecule has 4 nitrogen and oxygen atoms in total. The highest BCUT2D eigenvalue weighted by Crippen LogP contribution is 2.08. The second kappa shape index (κ2) is 8.90. The highest BCUT2D eigenvalue weighted by Gasteiger charge is 2.04. The van der Waals surface area contributed by atoms with Gasteiger partial charge >= 0.3 is 5.97 Å². The standard InChI is InChI=1S/C14H18INO3/c15-12-7-5-6-11(10-12)14(19)16-9-4-2-1-3-8-13(17)18/h5-7,10H,1-4,8-9H2,(H,16,19)(H,17,18). The van der Waals surface area contributed by atoms with Crippen molar-refractivity contribution in [3.05, 3.63) is 33.4 Å². The number of carbonyl (C=O) groups excluding carboxylic acids is 1. The van der Waals surface area contributed by atoms with Gasteiger partial charge in [-0.2, -0.15) is 0 Å². The molecule has 1 amide bonds. The fourth-order valence-electron chi connectivity index (χ4n) is 1.69. The van der Waals surface area contributed by atoms with E-state index in [-0.39, 0.29) is 12.3 Å². The Balaban J connectivity index is 2.12. The van der Waals surface area contributed by atoms with Crippen molar-refractivity contribution in [3.8, 4) is 0 Å². The topological polar surface area (TPSA) is 66.4 Å². The Labute approximate surface area is 126 Å². The minimum atomic E-state index is -0.744. The summed E-state index contributed by atoms with van der Waals surface area (Å²) in [5.41, 5.74) is 0.678. The third kappa shape index (κ3) is 7.15. The summed E-state index contributed by atoms with van der Waals surface area (Å²) in [6, 6.07) is 7.45. The summed E-state index contributed by atoms with van der Waals surface area (Å²) in [7, 11) is 0. The van der Waals surface area contributed by atoms with E-state index in [1.54, 1.807) is 6.07 Å². The van der Waals surface area contributed by atoms with E-state index in [1.165, 1.54) is 0 Å². The molecular formula is C14H18INO3. The number of halogens is 1. The van der Waals surface area contributed by atoms with Crippen LogP contribution in [-0.2, 0) is 4.79 Å². The SMILES string of the molecule is O=C(O)CCCCCCNC(=O)c1cccc(I)c1. The number of rotatable bonds is 8. The van der Waals surface area contributed by atoms with E-state index in [0.717, 1.165) is 22.8 Å². The van der Waals surface area contributed by atoms with Crippen molar-refractivity contribution in [1.82, 2.24) is 5.32 Å². The lowest BCUT2D eigenvalue weighted by Gasteiger charge is -2.05. The lowest BCUT2D eigenvalue weighted by Crippen LogP contribution is -2.24. The number of benzene rings is 1. The summed E-state index contributed by atoms with van der Waals surface area (Å²) < 4.78 is 1.04. The van der Waals surface area contributed by atoms with Gasteiger partial charge < -0.3 is 10.4 Å². The predicted octanol–water partition coefficient (Wildman–Crippen LogP) is 3.06. The second-order valence-corrected chi connectivity index (χ2v) is 5.57. The molecule has 0 atom stereocenters. The molecule has 19 heavy (non-hydrogen) atoms. The third-order valence-corrected chi connectivity index (χ3v) is 3.36. The van der Waals surface area contributed by atoms with Crippen LogP contribution in [0, 0.1) is 3.57 Å². The van der Waals surface area contributed by atoms with Gasteiger partial charge in [-0.3, -0.25) is 9.59 Å². The van der Waals surface area contributed by atoms with E-state index >= 15 is 0 Å². The molecular weight excluding hydrogens is 357 g/mol. The summed E-state index contributed by atoms with van der Waals surface area (Å²) in [6.45, 7) is 0.636. The molecule has 104 valence electrons. The van der Waals surface area contributed by atoms with E-state index in [9.17, 15) is 9.59 Å². The van der Waals surface area contributed by atoms with E-state index in [0.29, 0.717) is 18.5 Å². The number of hydrogen-bond donors (Lipinski definition) is 2. The van der Waals surface area contributed by atoms with Gasteiger partial charge in [0.15, 0.2) is 0 Å². The van der Waals surface area contributed by atoms with Crippen LogP contribution < -0.4 is 5.32 Å². The summed E-state index contributed by atoms with van der Waals surface area (Å²) in [6.07, 6.45) is 3.66. The number of carboxylic acid groups (broad SMARTS) is 1. The van der Waals surface area contributed by atoms with E-state index in [2.05, 4.69) is 27.9 Å².